The van der Waals surface area contributed by atoms with E-state index in [9.17, 15) is 39.6 Å². The second-order valence-corrected chi connectivity index (χ2v) is 17.4. The van der Waals surface area contributed by atoms with Gasteiger partial charge < -0.3 is 44.3 Å². The van der Waals surface area contributed by atoms with Gasteiger partial charge in [-0.15, -0.1) is 0 Å². The van der Waals surface area contributed by atoms with Gasteiger partial charge in [-0.2, -0.15) is 0 Å². The summed E-state index contributed by atoms with van der Waals surface area (Å²) in [6.07, 6.45) is 1.58. The fourth-order valence-electron chi connectivity index (χ4n) is 9.82. The molecule has 4 N–H and O–H groups in total. The molecule has 2 bridgehead atoms. The maximum atomic E-state index is 14.8. The lowest BCUT2D eigenvalue weighted by molar-refractivity contribution is -0.171. The number of carbonyl (C=O) groups is 4. The molecule has 0 aromatic heterocycles. The summed E-state index contributed by atoms with van der Waals surface area (Å²) in [7, 11) is 4.45. The van der Waals surface area contributed by atoms with Crippen LogP contribution in [0.15, 0.2) is 23.3 Å². The van der Waals surface area contributed by atoms with Gasteiger partial charge in [-0.05, 0) is 95.5 Å². The molecule has 0 aromatic rings. The quantitative estimate of drug-likeness (QED) is 0.173. The zero-order valence-electron chi connectivity index (χ0n) is 35.1. The Morgan fingerprint density at radius 2 is 1.55 bits per heavy atom. The predicted octanol–water partition coefficient (Wildman–Crippen LogP) is 3.86. The first-order valence-corrected chi connectivity index (χ1v) is 20.7. The number of aliphatic hydroxyl groups excluding tert-OH is 3. The number of Topliss-reactive ketones (excluding diaryl/α,β-unsaturated/α-hetero) is 2. The number of cyclic esters (lactones) is 1. The summed E-state index contributed by atoms with van der Waals surface area (Å²) >= 11 is 0. The molecule has 1 saturated carbocycles. The van der Waals surface area contributed by atoms with Gasteiger partial charge in [-0.1, -0.05) is 45.4 Å². The summed E-state index contributed by atoms with van der Waals surface area (Å²) in [4.78, 5) is 58.8. The van der Waals surface area contributed by atoms with Gasteiger partial charge >= 0.3 is 5.97 Å². The van der Waals surface area contributed by atoms with Gasteiger partial charge in [0.15, 0.2) is 0 Å². The van der Waals surface area contributed by atoms with E-state index in [4.69, 9.17) is 18.9 Å². The molecule has 3 fully saturated rings. The van der Waals surface area contributed by atoms with Crippen LogP contribution in [0.1, 0.15) is 112 Å². The van der Waals surface area contributed by atoms with Crippen molar-refractivity contribution in [2.75, 3.05) is 27.9 Å². The average molecular weight is 792 g/mol. The minimum absolute atomic E-state index is 0.0244. The molecular weight excluding hydrogens is 722 g/mol. The Kier molecular flexibility index (Phi) is 16.1. The van der Waals surface area contributed by atoms with Crippen LogP contribution < -0.4 is 0 Å². The lowest BCUT2D eigenvalue weighted by Gasteiger charge is -2.40. The minimum atomic E-state index is -2.61. The van der Waals surface area contributed by atoms with Crippen LogP contribution >= 0.6 is 0 Å². The maximum Gasteiger partial charge on any atom is 0.340 e. The molecule has 318 valence electrons. The van der Waals surface area contributed by atoms with E-state index in [-0.39, 0.29) is 49.5 Å². The van der Waals surface area contributed by atoms with E-state index in [2.05, 4.69) is 0 Å². The number of esters is 1. The molecule has 56 heavy (non-hydrogen) atoms. The molecule has 13 heteroatoms. The van der Waals surface area contributed by atoms with Gasteiger partial charge in [0.1, 0.15) is 18.0 Å². The Labute approximate surface area is 333 Å². The van der Waals surface area contributed by atoms with Crippen LogP contribution in [-0.2, 0) is 38.1 Å². The van der Waals surface area contributed by atoms with Gasteiger partial charge in [-0.3, -0.25) is 14.4 Å². The summed E-state index contributed by atoms with van der Waals surface area (Å²) in [6, 6.07) is 0. The largest absolute Gasteiger partial charge is 0.455 e. The van der Waals surface area contributed by atoms with E-state index in [1.54, 1.807) is 27.9 Å². The number of ketones is 2. The molecule has 4 rings (SSSR count). The summed E-state index contributed by atoms with van der Waals surface area (Å²) in [5.41, 5.74) is -3.15. The van der Waals surface area contributed by atoms with Crippen LogP contribution in [0, 0.1) is 29.6 Å². The van der Waals surface area contributed by atoms with Crippen LogP contribution in [0.3, 0.4) is 0 Å². The number of hydrogen-bond donors (Lipinski definition) is 4. The van der Waals surface area contributed by atoms with Crippen LogP contribution in [0.4, 0.5) is 0 Å². The van der Waals surface area contributed by atoms with Gasteiger partial charge in [-0.25, -0.2) is 4.79 Å². The number of nitrogens with zero attached hydrogens (tertiary/aromatic N) is 1. The van der Waals surface area contributed by atoms with E-state index in [0.29, 0.717) is 56.9 Å². The monoisotopic (exact) mass is 791 g/mol. The Morgan fingerprint density at radius 1 is 0.911 bits per heavy atom. The minimum Gasteiger partial charge on any atom is -0.455 e. The molecule has 0 radical (unpaired) electrons. The third-order valence-corrected chi connectivity index (χ3v) is 13.3. The molecule has 1 aliphatic carbocycles. The standard InChI is InChI=1S/C43H69NO12/c1-10-30-18-24(2)17-25(3)19-35(54-8)37(48)36(55-9)21-27(5)43(52)39(49)42(15-11-12-16-44(42)40(43)50)41(51)56-38(28(6)32(46)23-33(30)47)26(4)20-29-13-14-31(45)34(22-29)53-7/h18,20,25,27-32,34-38,45-46,48,52H,10-17,19,21-23H2,1-9H3/b24-18+,26-20+/t25-,27-,28+,29-,30+,31+,32-,34+,35-,36-,37-,38+,42+,43-/m0/s1. The molecule has 2 saturated heterocycles. The maximum absolute atomic E-state index is 14.8. The van der Waals surface area contributed by atoms with E-state index in [1.807, 2.05) is 32.9 Å². The number of hydrogen-bond acceptors (Lipinski definition) is 12. The molecule has 1 amide bonds. The van der Waals surface area contributed by atoms with Crippen LogP contribution in [0.2, 0.25) is 0 Å². The topological polar surface area (TPSA) is 189 Å². The van der Waals surface area contributed by atoms with Crippen molar-refractivity contribution >= 4 is 23.4 Å². The number of carbonyl (C=O) groups excluding carboxylic acids is 4. The van der Waals surface area contributed by atoms with Crippen molar-refractivity contribution in [3.63, 3.8) is 0 Å². The highest BCUT2D eigenvalue weighted by Crippen LogP contribution is 2.46. The highest BCUT2D eigenvalue weighted by molar-refractivity contribution is 6.28. The summed E-state index contributed by atoms with van der Waals surface area (Å²) < 4.78 is 23.3. The van der Waals surface area contributed by atoms with Crippen LogP contribution in [0.25, 0.3) is 0 Å². The lowest BCUT2D eigenvalue weighted by Crippen LogP contribution is -2.60. The van der Waals surface area contributed by atoms with Crippen LogP contribution in [-0.4, -0.2) is 131 Å². The first-order valence-electron chi connectivity index (χ1n) is 20.7. The van der Waals surface area contributed by atoms with Crippen molar-refractivity contribution in [1.29, 1.82) is 0 Å². The molecule has 4 aliphatic rings. The first kappa shape index (κ1) is 46.2. The number of piperidine rings is 1. The average Bonchev–Trinajstić information content (AvgIpc) is 3.35. The summed E-state index contributed by atoms with van der Waals surface area (Å²) in [6.45, 7) is 11.0. The number of ether oxygens (including phenoxy) is 4. The summed E-state index contributed by atoms with van der Waals surface area (Å²) in [5, 5.41) is 46.0. The number of methoxy groups -OCH3 is 3. The fraction of sp³-hybridized carbons (Fsp3) is 0.814. The SMILES string of the molecule is CC[C@@H]1/C=C(\C)C[C@H](C)C[C@H](OC)[C@H](O)[C@@H](OC)C[C@H](C)[C@@]2(O)C(=O)N3CCCC[C@]3(C(=O)O[C@H](/C(C)=C/[C@@H]3CC[C@@H](O)[C@H](OC)C3)[C@H](C)[C@@H](O)CC1=O)C2=O. The van der Waals surface area contributed by atoms with Crippen molar-refractivity contribution < 1.29 is 58.6 Å². The molecule has 3 heterocycles. The zero-order chi connectivity index (χ0) is 41.7. The van der Waals surface area contributed by atoms with Gasteiger partial charge in [0.05, 0.1) is 30.5 Å². The van der Waals surface area contributed by atoms with E-state index >= 15 is 0 Å². The number of aliphatic hydroxyl groups is 4. The molecule has 14 atom stereocenters. The second kappa shape index (κ2) is 19.5. The zero-order valence-corrected chi connectivity index (χ0v) is 35.1. The molecule has 1 spiro atoms. The lowest BCUT2D eigenvalue weighted by atomic mass is 9.75. The number of fused-ring (bicyclic) bond motifs is 1. The van der Waals surface area contributed by atoms with Crippen molar-refractivity contribution in [3.8, 4) is 0 Å². The van der Waals surface area contributed by atoms with Gasteiger partial charge in [0, 0.05) is 52.0 Å². The molecule has 0 unspecified atom stereocenters. The summed E-state index contributed by atoms with van der Waals surface area (Å²) in [5.74, 6) is -5.40. The Morgan fingerprint density at radius 3 is 2.18 bits per heavy atom. The van der Waals surface area contributed by atoms with Crippen molar-refractivity contribution in [3.05, 3.63) is 23.3 Å². The van der Waals surface area contributed by atoms with Gasteiger partial charge in [0.2, 0.25) is 16.9 Å². The molecular formula is C43H69NO12. The third-order valence-electron chi connectivity index (χ3n) is 13.3. The van der Waals surface area contributed by atoms with E-state index < -0.39 is 83.2 Å². The normalized spacial score (nSPS) is 42.7. The molecule has 13 nitrogen and oxygen atoms in total. The smallest absolute Gasteiger partial charge is 0.340 e. The number of allylic oxidation sites excluding steroid dienone is 3. The third kappa shape index (κ3) is 9.35. The molecule has 3 aliphatic heterocycles. The molecule has 0 aromatic carbocycles. The van der Waals surface area contributed by atoms with Gasteiger partial charge in [0.25, 0.3) is 5.91 Å². The highest BCUT2D eigenvalue weighted by Gasteiger charge is 2.72. The van der Waals surface area contributed by atoms with Crippen molar-refractivity contribution in [2.24, 2.45) is 29.6 Å². The Balaban J connectivity index is 1.82. The van der Waals surface area contributed by atoms with E-state index in [1.165, 1.54) is 14.2 Å². The number of amides is 1. The highest BCUT2D eigenvalue weighted by atomic mass is 16.6. The van der Waals surface area contributed by atoms with Crippen molar-refractivity contribution in [1.82, 2.24) is 4.90 Å². The second-order valence-electron chi connectivity index (χ2n) is 17.4. The first-order chi connectivity index (χ1) is 26.4. The number of rotatable bonds is 6. The predicted molar refractivity (Wildman–Crippen MR) is 208 cm³/mol. The fourth-order valence-corrected chi connectivity index (χ4v) is 9.82. The van der Waals surface area contributed by atoms with Crippen molar-refractivity contribution in [2.45, 2.75) is 166 Å². The Bertz CT molecular complexity index is 1460. The Hall–Kier alpha value is -2.52. The van der Waals surface area contributed by atoms with Crippen LogP contribution in [0.5, 0.6) is 0 Å². The van der Waals surface area contributed by atoms with E-state index in [0.717, 1.165) is 10.5 Å².